The van der Waals surface area contributed by atoms with Gasteiger partial charge < -0.3 is 10.0 Å². The molecule has 0 bridgehead atoms. The number of aryl methyl sites for hydroxylation is 1. The minimum absolute atomic E-state index is 0.421. The lowest BCUT2D eigenvalue weighted by molar-refractivity contribution is -0.0269. The van der Waals surface area contributed by atoms with Crippen molar-refractivity contribution in [1.82, 2.24) is 29.5 Å². The molecule has 3 aromatic rings. The number of nitrogens with zero attached hydrogens (tertiary/aromatic N) is 6. The summed E-state index contributed by atoms with van der Waals surface area (Å²) >= 11 is 1.68. The van der Waals surface area contributed by atoms with Crippen LogP contribution in [0.25, 0.3) is 16.5 Å². The van der Waals surface area contributed by atoms with E-state index in [9.17, 15) is 5.11 Å². The number of aliphatic hydroxyl groups excluding tert-OH is 1. The minimum Gasteiger partial charge on any atom is -0.374 e. The molecule has 1 aliphatic heterocycles. The van der Waals surface area contributed by atoms with E-state index in [4.69, 9.17) is 4.98 Å². The van der Waals surface area contributed by atoms with Crippen molar-refractivity contribution in [3.63, 3.8) is 0 Å². The molecule has 8 heteroatoms. The van der Waals surface area contributed by atoms with Gasteiger partial charge in [0.05, 0.1) is 22.5 Å². The van der Waals surface area contributed by atoms with Crippen molar-refractivity contribution in [2.24, 2.45) is 0 Å². The number of aromatic nitrogens is 4. The Morgan fingerprint density at radius 1 is 1.20 bits per heavy atom. The Morgan fingerprint density at radius 3 is 2.67 bits per heavy atom. The van der Waals surface area contributed by atoms with Gasteiger partial charge in [-0.2, -0.15) is 5.10 Å². The summed E-state index contributed by atoms with van der Waals surface area (Å²) in [4.78, 5) is 15.2. The van der Waals surface area contributed by atoms with Crippen molar-refractivity contribution in [2.75, 3.05) is 32.7 Å². The van der Waals surface area contributed by atoms with Crippen molar-refractivity contribution in [3.8, 4) is 16.5 Å². The molecule has 2 fully saturated rings. The van der Waals surface area contributed by atoms with Crippen LogP contribution in [0.1, 0.15) is 48.7 Å². The van der Waals surface area contributed by atoms with E-state index in [-0.39, 0.29) is 0 Å². The Morgan fingerprint density at radius 2 is 2.00 bits per heavy atom. The third-order valence-electron chi connectivity index (χ3n) is 6.18. The van der Waals surface area contributed by atoms with E-state index >= 15 is 0 Å². The number of hydrogen-bond donors (Lipinski definition) is 1. The molecule has 1 atom stereocenters. The Labute approximate surface area is 181 Å². The zero-order chi connectivity index (χ0) is 20.7. The topological polar surface area (TPSA) is 70.3 Å². The molecule has 0 spiro atoms. The standard InChI is InChI=1S/C22H28N6OS/c1-3-26-8-10-27(11-9-26)21(29)17-14-24-28(20(17)16-6-7-16)22-23-13-15(2)19(25-22)18-5-4-12-30-18/h4-5,12-14,16,21,29H,3,6-11H2,1-2H3. The lowest BCUT2D eigenvalue weighted by atomic mass is 10.1. The molecule has 7 nitrogen and oxygen atoms in total. The predicted molar refractivity (Wildman–Crippen MR) is 118 cm³/mol. The highest BCUT2D eigenvalue weighted by atomic mass is 32.1. The lowest BCUT2D eigenvalue weighted by Crippen LogP contribution is -2.47. The normalized spacial score (nSPS) is 19.3. The number of aliphatic hydroxyl groups is 1. The van der Waals surface area contributed by atoms with Gasteiger partial charge in [-0.1, -0.05) is 13.0 Å². The predicted octanol–water partition coefficient (Wildman–Crippen LogP) is 3.21. The third-order valence-corrected chi connectivity index (χ3v) is 7.06. The van der Waals surface area contributed by atoms with Gasteiger partial charge in [-0.3, -0.25) is 4.90 Å². The van der Waals surface area contributed by atoms with E-state index in [0.717, 1.165) is 73.0 Å². The molecule has 3 aromatic heterocycles. The van der Waals surface area contributed by atoms with Crippen LogP contribution in [0.15, 0.2) is 29.9 Å². The molecule has 0 amide bonds. The first kappa shape index (κ1) is 19.8. The highest BCUT2D eigenvalue weighted by Gasteiger charge is 2.35. The van der Waals surface area contributed by atoms with Crippen LogP contribution in [0.4, 0.5) is 0 Å². The van der Waals surface area contributed by atoms with Crippen LogP contribution < -0.4 is 0 Å². The van der Waals surface area contributed by atoms with Gasteiger partial charge >= 0.3 is 0 Å². The maximum Gasteiger partial charge on any atom is 0.251 e. The van der Waals surface area contributed by atoms with Crippen LogP contribution >= 0.6 is 11.3 Å². The van der Waals surface area contributed by atoms with E-state index < -0.39 is 6.23 Å². The van der Waals surface area contributed by atoms with Crippen molar-refractivity contribution >= 4 is 11.3 Å². The summed E-state index contributed by atoms with van der Waals surface area (Å²) in [5.74, 6) is 1.00. The Bertz CT molecular complexity index is 1000. The average Bonchev–Trinajstić information content (AvgIpc) is 3.28. The van der Waals surface area contributed by atoms with Gasteiger partial charge in [0.1, 0.15) is 6.23 Å². The van der Waals surface area contributed by atoms with E-state index in [1.807, 2.05) is 30.1 Å². The highest BCUT2D eigenvalue weighted by molar-refractivity contribution is 7.13. The minimum atomic E-state index is -0.629. The molecule has 1 unspecified atom stereocenters. The second-order valence-corrected chi connectivity index (χ2v) is 9.14. The molecule has 1 aliphatic carbocycles. The molecule has 1 N–H and O–H groups in total. The largest absolute Gasteiger partial charge is 0.374 e. The molecule has 0 aromatic carbocycles. The summed E-state index contributed by atoms with van der Waals surface area (Å²) in [6, 6.07) is 4.12. The molecular weight excluding hydrogens is 396 g/mol. The van der Waals surface area contributed by atoms with Crippen molar-refractivity contribution in [1.29, 1.82) is 0 Å². The summed E-state index contributed by atoms with van der Waals surface area (Å²) in [7, 11) is 0. The molecule has 1 saturated heterocycles. The lowest BCUT2D eigenvalue weighted by Gasteiger charge is -2.36. The van der Waals surface area contributed by atoms with Gasteiger partial charge in [0, 0.05) is 43.9 Å². The molecule has 2 aliphatic rings. The van der Waals surface area contributed by atoms with Gasteiger partial charge in [-0.05, 0) is 43.3 Å². The SMILES string of the molecule is CCN1CCN(C(O)c2cnn(-c3ncc(C)c(-c4cccs4)n3)c2C2CC2)CC1. The zero-order valence-electron chi connectivity index (χ0n) is 17.5. The first-order valence-electron chi connectivity index (χ1n) is 10.8. The molecule has 4 heterocycles. The molecule has 1 saturated carbocycles. The van der Waals surface area contributed by atoms with Crippen LogP contribution in [-0.2, 0) is 0 Å². The van der Waals surface area contributed by atoms with Gasteiger partial charge in [0.25, 0.3) is 5.95 Å². The maximum absolute atomic E-state index is 11.2. The van der Waals surface area contributed by atoms with E-state index in [2.05, 4.69) is 38.3 Å². The Balaban J connectivity index is 1.48. The summed E-state index contributed by atoms with van der Waals surface area (Å²) in [5, 5.41) is 17.9. The van der Waals surface area contributed by atoms with Crippen LogP contribution in [0.2, 0.25) is 0 Å². The maximum atomic E-state index is 11.2. The van der Waals surface area contributed by atoms with Crippen molar-refractivity contribution < 1.29 is 5.11 Å². The fraction of sp³-hybridized carbons (Fsp3) is 0.500. The van der Waals surface area contributed by atoms with Gasteiger partial charge in [-0.15, -0.1) is 11.3 Å². The Hall–Kier alpha value is -2.13. The quantitative estimate of drug-likeness (QED) is 0.655. The summed E-state index contributed by atoms with van der Waals surface area (Å²) in [6.45, 7) is 9.01. The van der Waals surface area contributed by atoms with E-state index in [0.29, 0.717) is 11.9 Å². The highest BCUT2D eigenvalue weighted by Crippen LogP contribution is 2.44. The molecule has 0 radical (unpaired) electrons. The van der Waals surface area contributed by atoms with Crippen molar-refractivity contribution in [3.05, 3.63) is 46.7 Å². The van der Waals surface area contributed by atoms with Crippen molar-refractivity contribution in [2.45, 2.75) is 38.8 Å². The number of likely N-dealkylation sites (N-methyl/N-ethyl adjacent to an activating group) is 1. The van der Waals surface area contributed by atoms with E-state index in [1.54, 1.807) is 11.3 Å². The number of rotatable bonds is 6. The zero-order valence-corrected chi connectivity index (χ0v) is 18.3. The second kappa shape index (κ2) is 8.19. The summed E-state index contributed by atoms with van der Waals surface area (Å²) in [6.07, 6.45) is 5.31. The number of thiophene rings is 1. The van der Waals surface area contributed by atoms with Crippen LogP contribution in [-0.4, -0.2) is 67.4 Å². The molecule has 158 valence electrons. The smallest absolute Gasteiger partial charge is 0.251 e. The third kappa shape index (κ3) is 3.69. The van der Waals surface area contributed by atoms with Gasteiger partial charge in [-0.25, -0.2) is 14.6 Å². The summed E-state index contributed by atoms with van der Waals surface area (Å²) < 4.78 is 1.86. The fourth-order valence-corrected chi connectivity index (χ4v) is 4.99. The second-order valence-electron chi connectivity index (χ2n) is 8.19. The Kier molecular flexibility index (Phi) is 5.41. The molecular formula is C22H28N6OS. The summed E-state index contributed by atoms with van der Waals surface area (Å²) in [5.41, 5.74) is 3.98. The van der Waals surface area contributed by atoms with Gasteiger partial charge in [0.15, 0.2) is 0 Å². The monoisotopic (exact) mass is 424 g/mol. The average molecular weight is 425 g/mol. The molecule has 30 heavy (non-hydrogen) atoms. The van der Waals surface area contributed by atoms with Crippen LogP contribution in [0.5, 0.6) is 0 Å². The number of piperazine rings is 1. The first-order chi connectivity index (χ1) is 14.7. The van der Waals surface area contributed by atoms with E-state index in [1.165, 1.54) is 0 Å². The fourth-order valence-electron chi connectivity index (χ4n) is 4.21. The number of hydrogen-bond acceptors (Lipinski definition) is 7. The van der Waals surface area contributed by atoms with Crippen LogP contribution in [0, 0.1) is 6.92 Å². The van der Waals surface area contributed by atoms with Crippen LogP contribution in [0.3, 0.4) is 0 Å². The first-order valence-corrected chi connectivity index (χ1v) is 11.6. The molecule has 5 rings (SSSR count). The van der Waals surface area contributed by atoms with Gasteiger partial charge in [0.2, 0.25) is 0 Å².